The van der Waals surface area contributed by atoms with Crippen LogP contribution in [0.4, 0.5) is 17.6 Å². The monoisotopic (exact) mass is 1530 g/mol. The minimum absolute atomic E-state index is 0.0475. The summed E-state index contributed by atoms with van der Waals surface area (Å²) in [7, 11) is 0. The Morgan fingerprint density at radius 2 is 0.907 bits per heavy atom. The standard InChI is InChI=1S/C18H18FNOS.C17H15ClN2O.C17H14F2N2O.C16H13Cl2N3O.C16H15FN2O2/c1-11(2)14(18-4-3-7-22-18)10-17(21)16-9-12-8-13(19)5-6-15(12)20-16;1-11(12-5-3-2-4-6-12)19-17(21)16-10-13-9-14(18)7-8-15(13)20-16;1-10(11-3-2-4-13(18)7-11)20-17(22)16-9-12-8-14(19)5-6-15(12)21-16;1-9(10-3-2-6-19-8-10)20-16(22)14-7-11-13(21-14)5-4-12(17)15(11)18;1-9-3-6-15(21-9)10(2)18-16(20)14-8-11-7-12(17)4-5-13(11)19-14/h3-9,11,14,20H,10H2,1-2H3;2-11,20H,1H3,(H,19,21);2-10,21H,1H3,(H,20,22);2-9,21H,1H3,(H,20,22);3-8,10,19H,1-2H3,(H,18,20). The van der Waals surface area contributed by atoms with Crippen molar-refractivity contribution in [1.29, 1.82) is 0 Å². The summed E-state index contributed by atoms with van der Waals surface area (Å²) in [6, 6.07) is 57.3. The highest BCUT2D eigenvalue weighted by molar-refractivity contribution is 7.10. The SMILES string of the molecule is CC(C)C(CC(=O)c1cc2cc(F)ccc2[nH]1)c1cccs1.CC(NC(=O)c1cc2c(Cl)c(Cl)ccc2[nH]1)c1cccnc1.CC(NC(=O)c1cc2cc(Cl)ccc2[nH]1)c1ccccc1.CC(NC(=O)c1cc2cc(F)ccc2[nH]1)c1cccc(F)c1.Cc1ccc(C(C)NC(=O)c2cc3cc(F)ccc3[nH]2)o1. The number of aromatic nitrogens is 6. The average molecular weight is 1540 g/mol. The molecule has 24 heteroatoms. The molecule has 0 aliphatic heterocycles. The molecule has 0 saturated heterocycles. The highest BCUT2D eigenvalue weighted by Crippen LogP contribution is 2.34. The summed E-state index contributed by atoms with van der Waals surface area (Å²) in [4.78, 5) is 82.2. The third-order valence-corrected chi connectivity index (χ3v) is 19.9. The Labute approximate surface area is 638 Å². The molecule has 16 nitrogen and oxygen atoms in total. The first-order valence-corrected chi connectivity index (χ1v) is 36.5. The summed E-state index contributed by atoms with van der Waals surface area (Å²) in [6.07, 6.45) is 3.89. The number of benzene rings is 7. The van der Waals surface area contributed by atoms with Gasteiger partial charge in [-0.15, -0.1) is 11.3 Å². The van der Waals surface area contributed by atoms with Gasteiger partial charge in [0.2, 0.25) is 0 Å². The van der Waals surface area contributed by atoms with Crippen molar-refractivity contribution in [1.82, 2.24) is 51.2 Å². The number of carbonyl (C=O) groups excluding carboxylic acids is 5. The number of ketones is 1. The van der Waals surface area contributed by atoms with E-state index in [0.717, 1.165) is 55.1 Å². The fraction of sp³-hybridized carbons (Fsp3) is 0.167. The number of nitrogens with one attached hydrogen (secondary N) is 9. The van der Waals surface area contributed by atoms with Crippen LogP contribution in [0.3, 0.4) is 0 Å². The van der Waals surface area contributed by atoms with Crippen LogP contribution in [0.2, 0.25) is 15.1 Å². The Balaban J connectivity index is 0.000000134. The number of hydrogen-bond donors (Lipinski definition) is 9. The molecular weight excluding hydrogens is 1460 g/mol. The van der Waals surface area contributed by atoms with Crippen molar-refractivity contribution in [3.8, 4) is 0 Å². The van der Waals surface area contributed by atoms with Crippen molar-refractivity contribution >= 4 is 130 Å². The Hall–Kier alpha value is -11.5. The van der Waals surface area contributed by atoms with Crippen LogP contribution in [0.25, 0.3) is 54.5 Å². The van der Waals surface area contributed by atoms with Gasteiger partial charge in [-0.25, -0.2) is 17.6 Å². The van der Waals surface area contributed by atoms with Crippen LogP contribution in [0.15, 0.2) is 228 Å². The summed E-state index contributed by atoms with van der Waals surface area (Å²) < 4.78 is 58.3. The smallest absolute Gasteiger partial charge is 0.268 e. The number of Topliss-reactive ketones (excluding diaryl/α,β-unsaturated/α-hetero) is 1. The van der Waals surface area contributed by atoms with E-state index < -0.39 is 0 Å². The molecule has 4 amide bonds. The van der Waals surface area contributed by atoms with Gasteiger partial charge in [-0.3, -0.25) is 29.0 Å². The highest BCUT2D eigenvalue weighted by Gasteiger charge is 2.24. The van der Waals surface area contributed by atoms with Crippen molar-refractivity contribution in [2.75, 3.05) is 0 Å². The largest absolute Gasteiger partial charge is 0.464 e. The molecule has 0 saturated carbocycles. The molecule has 0 bridgehead atoms. The Morgan fingerprint density at radius 1 is 0.444 bits per heavy atom. The van der Waals surface area contributed by atoms with E-state index in [9.17, 15) is 41.5 Å². The molecule has 5 unspecified atom stereocenters. The zero-order valence-electron chi connectivity index (χ0n) is 59.5. The second-order valence-electron chi connectivity index (χ2n) is 26.1. The first-order valence-electron chi connectivity index (χ1n) is 34.5. The molecule has 0 aliphatic carbocycles. The molecule has 5 atom stereocenters. The molecule has 0 radical (unpaired) electrons. The summed E-state index contributed by atoms with van der Waals surface area (Å²) in [5.74, 6) is -0.0535. The zero-order valence-corrected chi connectivity index (χ0v) is 62.6. The second kappa shape index (κ2) is 35.3. The van der Waals surface area contributed by atoms with Gasteiger partial charge in [-0.05, 0) is 214 Å². The number of halogens is 7. The molecular formula is C84H75Cl3F4N10O6S. The van der Waals surface area contributed by atoms with Crippen molar-refractivity contribution in [3.63, 3.8) is 0 Å². The third-order valence-electron chi connectivity index (χ3n) is 17.8. The molecule has 108 heavy (non-hydrogen) atoms. The Bertz CT molecular complexity index is 5660. The maximum absolute atomic E-state index is 13.3. The van der Waals surface area contributed by atoms with Crippen LogP contribution in [0.5, 0.6) is 0 Å². The number of thiophene rings is 1. The number of nitrogens with zero attached hydrogens (tertiary/aromatic N) is 1. The molecule has 0 spiro atoms. The quantitative estimate of drug-likeness (QED) is 0.0315. The van der Waals surface area contributed by atoms with E-state index >= 15 is 0 Å². The number of rotatable bonds is 17. The molecule has 0 aliphatic rings. The number of aryl methyl sites for hydroxylation is 1. The first kappa shape index (κ1) is 77.6. The Kier molecular flexibility index (Phi) is 25.3. The van der Waals surface area contributed by atoms with Gasteiger partial charge < -0.3 is 50.6 Å². The fourth-order valence-electron chi connectivity index (χ4n) is 11.9. The predicted octanol–water partition coefficient (Wildman–Crippen LogP) is 21.7. The average Bonchev–Trinajstić information content (AvgIpc) is 1.64. The minimum atomic E-state index is -0.355. The molecule has 8 heterocycles. The van der Waals surface area contributed by atoms with E-state index in [4.69, 9.17) is 39.2 Å². The summed E-state index contributed by atoms with van der Waals surface area (Å²) >= 11 is 19.8. The molecule has 9 N–H and O–H groups in total. The first-order chi connectivity index (χ1) is 51.8. The number of amides is 4. The lowest BCUT2D eigenvalue weighted by Gasteiger charge is -2.18. The molecule has 0 fully saturated rings. The maximum atomic E-state index is 13.3. The van der Waals surface area contributed by atoms with Crippen molar-refractivity contribution in [2.45, 2.75) is 85.0 Å². The molecule has 7 aromatic carbocycles. The van der Waals surface area contributed by atoms with Gasteiger partial charge in [0.25, 0.3) is 23.6 Å². The van der Waals surface area contributed by atoms with Crippen LogP contribution < -0.4 is 21.3 Å². The maximum Gasteiger partial charge on any atom is 0.268 e. The number of H-pyrrole nitrogens is 5. The van der Waals surface area contributed by atoms with Crippen LogP contribution >= 0.6 is 46.1 Å². The number of pyridine rings is 1. The van der Waals surface area contributed by atoms with Gasteiger partial charge in [0.15, 0.2) is 5.78 Å². The van der Waals surface area contributed by atoms with Crippen LogP contribution in [-0.4, -0.2) is 59.3 Å². The van der Waals surface area contributed by atoms with E-state index in [-0.39, 0.29) is 82.8 Å². The molecule has 15 rings (SSSR count). The minimum Gasteiger partial charge on any atom is -0.464 e. The predicted molar refractivity (Wildman–Crippen MR) is 421 cm³/mol. The number of aromatic amines is 5. The topological polar surface area (TPSA) is 238 Å². The molecule has 15 aromatic rings. The number of fused-ring (bicyclic) bond motifs is 5. The van der Waals surface area contributed by atoms with Gasteiger partial charge in [0.1, 0.15) is 57.6 Å². The second-order valence-corrected chi connectivity index (χ2v) is 28.3. The number of hydrogen-bond acceptors (Lipinski definition) is 8. The normalized spacial score (nSPS) is 12.5. The lowest BCUT2D eigenvalue weighted by atomic mass is 9.88. The van der Waals surface area contributed by atoms with E-state index in [1.165, 1.54) is 53.4 Å². The summed E-state index contributed by atoms with van der Waals surface area (Å²) in [5, 5.41) is 18.8. The lowest BCUT2D eigenvalue weighted by Crippen LogP contribution is -2.26. The van der Waals surface area contributed by atoms with Gasteiger partial charge in [0, 0.05) is 89.1 Å². The molecule has 552 valence electrons. The third kappa shape index (κ3) is 20.0. The van der Waals surface area contributed by atoms with Crippen molar-refractivity contribution in [2.24, 2.45) is 5.92 Å². The van der Waals surface area contributed by atoms with Gasteiger partial charge in [0.05, 0.1) is 39.9 Å². The Morgan fingerprint density at radius 3 is 1.42 bits per heavy atom. The van der Waals surface area contributed by atoms with Crippen LogP contribution in [0.1, 0.15) is 164 Å². The lowest BCUT2D eigenvalue weighted by molar-refractivity contribution is 0.0924. The van der Waals surface area contributed by atoms with Crippen molar-refractivity contribution < 1.29 is 46.0 Å². The van der Waals surface area contributed by atoms with Gasteiger partial charge in [-0.2, -0.15) is 0 Å². The highest BCUT2D eigenvalue weighted by atomic mass is 35.5. The summed E-state index contributed by atoms with van der Waals surface area (Å²) in [6.45, 7) is 13.6. The number of furan rings is 1. The summed E-state index contributed by atoms with van der Waals surface area (Å²) in [5.41, 5.74) is 8.83. The van der Waals surface area contributed by atoms with Gasteiger partial charge >= 0.3 is 0 Å². The zero-order chi connectivity index (χ0) is 76.9. The van der Waals surface area contributed by atoms with E-state index in [1.807, 2.05) is 112 Å². The van der Waals surface area contributed by atoms with Gasteiger partial charge in [-0.1, -0.05) is 103 Å². The van der Waals surface area contributed by atoms with Crippen LogP contribution in [0, 0.1) is 36.1 Å². The molecule has 8 aromatic heterocycles. The number of carbonyl (C=O) groups is 5. The van der Waals surface area contributed by atoms with E-state index in [2.05, 4.69) is 71.1 Å². The fourth-order valence-corrected chi connectivity index (χ4v) is 13.5. The van der Waals surface area contributed by atoms with E-state index in [1.54, 1.807) is 103 Å². The van der Waals surface area contributed by atoms with Crippen LogP contribution in [-0.2, 0) is 0 Å². The van der Waals surface area contributed by atoms with Crippen molar-refractivity contribution in [3.05, 3.63) is 324 Å². The van der Waals surface area contributed by atoms with E-state index in [0.29, 0.717) is 83.5 Å².